The third kappa shape index (κ3) is 4.11. The van der Waals surface area contributed by atoms with E-state index >= 15 is 0 Å². The zero-order valence-corrected chi connectivity index (χ0v) is 14.7. The normalized spacial score (nSPS) is 10.9. The van der Waals surface area contributed by atoms with Crippen LogP contribution in [-0.2, 0) is 0 Å². The van der Waals surface area contributed by atoms with E-state index in [-0.39, 0.29) is 5.78 Å². The van der Waals surface area contributed by atoms with Gasteiger partial charge in [0.15, 0.2) is 17.3 Å². The van der Waals surface area contributed by atoms with Gasteiger partial charge in [-0.15, -0.1) is 5.10 Å². The van der Waals surface area contributed by atoms with Gasteiger partial charge in [0.05, 0.1) is 12.8 Å². The van der Waals surface area contributed by atoms with Crippen molar-refractivity contribution in [1.29, 1.82) is 0 Å². The number of ketones is 1. The Bertz CT molecular complexity index is 662. The van der Waals surface area contributed by atoms with Crippen LogP contribution in [0.25, 0.3) is 5.69 Å². The number of ether oxygens (including phenoxy) is 1. The van der Waals surface area contributed by atoms with Crippen LogP contribution in [0.1, 0.15) is 31.3 Å². The van der Waals surface area contributed by atoms with Crippen LogP contribution >= 0.6 is 0 Å². The molecule has 7 nitrogen and oxygen atoms in total. The Morgan fingerprint density at radius 1 is 1.25 bits per heavy atom. The zero-order valence-electron chi connectivity index (χ0n) is 14.7. The molecule has 1 heterocycles. The minimum absolute atomic E-state index is 0.111. The summed E-state index contributed by atoms with van der Waals surface area (Å²) in [5.41, 5.74) is 1.17. The number of nitrogens with zero attached hydrogens (tertiary/aromatic N) is 4. The standard InChI is InChI=1S/C17H25N5O2/c1-5-21(6-2)12-11-18-17-16(13(3)23)19-20-22(17)14-7-9-15(24-4)10-8-14/h7-10,18H,5-6,11-12H2,1-4H3. The second-order valence-corrected chi connectivity index (χ2v) is 5.41. The van der Waals surface area contributed by atoms with Gasteiger partial charge in [-0.1, -0.05) is 19.1 Å². The first kappa shape index (κ1) is 17.9. The van der Waals surface area contributed by atoms with Gasteiger partial charge in [0.2, 0.25) is 0 Å². The Morgan fingerprint density at radius 3 is 2.46 bits per heavy atom. The van der Waals surface area contributed by atoms with Gasteiger partial charge in [-0.25, -0.2) is 0 Å². The summed E-state index contributed by atoms with van der Waals surface area (Å²) in [6.45, 7) is 9.35. The van der Waals surface area contributed by atoms with Crippen LogP contribution in [0.5, 0.6) is 5.75 Å². The van der Waals surface area contributed by atoms with Crippen molar-refractivity contribution in [1.82, 2.24) is 19.9 Å². The average Bonchev–Trinajstić information content (AvgIpc) is 3.03. The molecule has 0 spiro atoms. The number of anilines is 1. The fraction of sp³-hybridized carbons (Fsp3) is 0.471. The van der Waals surface area contributed by atoms with Crippen molar-refractivity contribution in [3.63, 3.8) is 0 Å². The van der Waals surface area contributed by atoms with Crippen LogP contribution in [-0.4, -0.2) is 59.0 Å². The third-order valence-corrected chi connectivity index (χ3v) is 3.94. The molecule has 2 rings (SSSR count). The lowest BCUT2D eigenvalue weighted by Crippen LogP contribution is -2.29. The number of hydrogen-bond donors (Lipinski definition) is 1. The van der Waals surface area contributed by atoms with Gasteiger partial charge in [-0.05, 0) is 37.4 Å². The summed E-state index contributed by atoms with van der Waals surface area (Å²) in [6.07, 6.45) is 0. The summed E-state index contributed by atoms with van der Waals surface area (Å²) in [6, 6.07) is 7.47. The van der Waals surface area contributed by atoms with Crippen molar-refractivity contribution >= 4 is 11.6 Å². The molecule has 1 aromatic heterocycles. The van der Waals surface area contributed by atoms with Crippen molar-refractivity contribution in [2.24, 2.45) is 0 Å². The van der Waals surface area contributed by atoms with Gasteiger partial charge in [0.25, 0.3) is 0 Å². The highest BCUT2D eigenvalue weighted by atomic mass is 16.5. The molecule has 1 aromatic carbocycles. The highest BCUT2D eigenvalue weighted by Gasteiger charge is 2.17. The highest BCUT2D eigenvalue weighted by molar-refractivity contribution is 5.96. The van der Waals surface area contributed by atoms with Crippen molar-refractivity contribution in [3.8, 4) is 11.4 Å². The van der Waals surface area contributed by atoms with Crippen LogP contribution in [0, 0.1) is 0 Å². The average molecular weight is 331 g/mol. The Balaban J connectivity index is 2.23. The largest absolute Gasteiger partial charge is 0.497 e. The lowest BCUT2D eigenvalue weighted by atomic mass is 10.2. The molecule has 0 amide bonds. The van der Waals surface area contributed by atoms with Crippen LogP contribution in [0.4, 0.5) is 5.82 Å². The molecule has 0 aliphatic rings. The Kier molecular flexibility index (Phi) is 6.31. The summed E-state index contributed by atoms with van der Waals surface area (Å²) in [5, 5.41) is 11.5. The summed E-state index contributed by atoms with van der Waals surface area (Å²) in [4.78, 5) is 14.1. The Labute approximate surface area is 142 Å². The topological polar surface area (TPSA) is 72.3 Å². The number of rotatable bonds is 9. The van der Waals surface area contributed by atoms with Crippen molar-refractivity contribution in [3.05, 3.63) is 30.0 Å². The van der Waals surface area contributed by atoms with E-state index in [1.165, 1.54) is 6.92 Å². The number of carbonyl (C=O) groups is 1. The van der Waals surface area contributed by atoms with Crippen LogP contribution < -0.4 is 10.1 Å². The fourth-order valence-corrected chi connectivity index (χ4v) is 2.45. The molecule has 0 saturated heterocycles. The Hall–Kier alpha value is -2.41. The summed E-state index contributed by atoms with van der Waals surface area (Å²) < 4.78 is 6.83. The van der Waals surface area contributed by atoms with E-state index in [9.17, 15) is 4.79 Å². The smallest absolute Gasteiger partial charge is 0.183 e. The molecule has 130 valence electrons. The van der Waals surface area contributed by atoms with E-state index in [0.29, 0.717) is 18.1 Å². The first-order valence-electron chi connectivity index (χ1n) is 8.18. The molecule has 24 heavy (non-hydrogen) atoms. The van der Waals surface area contributed by atoms with Crippen molar-refractivity contribution < 1.29 is 9.53 Å². The second kappa shape index (κ2) is 8.44. The van der Waals surface area contributed by atoms with E-state index in [2.05, 4.69) is 34.4 Å². The molecule has 0 saturated carbocycles. The van der Waals surface area contributed by atoms with E-state index < -0.39 is 0 Å². The van der Waals surface area contributed by atoms with Crippen molar-refractivity contribution in [2.75, 3.05) is 38.6 Å². The summed E-state index contributed by atoms with van der Waals surface area (Å²) in [5.74, 6) is 1.28. The second-order valence-electron chi connectivity index (χ2n) is 5.41. The number of methoxy groups -OCH3 is 1. The monoisotopic (exact) mass is 331 g/mol. The Morgan fingerprint density at radius 2 is 1.92 bits per heavy atom. The van der Waals surface area contributed by atoms with Gasteiger partial charge >= 0.3 is 0 Å². The minimum atomic E-state index is -0.111. The quantitative estimate of drug-likeness (QED) is 0.711. The maximum Gasteiger partial charge on any atom is 0.183 e. The fourth-order valence-electron chi connectivity index (χ4n) is 2.45. The first-order chi connectivity index (χ1) is 11.6. The highest BCUT2D eigenvalue weighted by Crippen LogP contribution is 2.21. The van der Waals surface area contributed by atoms with Crippen molar-refractivity contribution in [2.45, 2.75) is 20.8 Å². The molecular formula is C17H25N5O2. The number of likely N-dealkylation sites (N-methyl/N-ethyl adjacent to an activating group) is 1. The minimum Gasteiger partial charge on any atom is -0.497 e. The third-order valence-electron chi connectivity index (χ3n) is 3.94. The molecule has 0 radical (unpaired) electrons. The number of carbonyl (C=O) groups excluding carboxylic acids is 1. The molecular weight excluding hydrogens is 306 g/mol. The predicted molar refractivity (Wildman–Crippen MR) is 94.2 cm³/mol. The van der Waals surface area contributed by atoms with E-state index in [4.69, 9.17) is 4.74 Å². The van der Waals surface area contributed by atoms with Gasteiger partial charge in [-0.2, -0.15) is 4.68 Å². The summed E-state index contributed by atoms with van der Waals surface area (Å²) >= 11 is 0. The molecule has 1 N–H and O–H groups in total. The molecule has 0 unspecified atom stereocenters. The molecule has 2 aromatic rings. The predicted octanol–water partition coefficient (Wildman–Crippen LogP) is 2.23. The van der Waals surface area contributed by atoms with Gasteiger partial charge in [0.1, 0.15) is 5.75 Å². The van der Waals surface area contributed by atoms with Crippen LogP contribution in [0.15, 0.2) is 24.3 Å². The zero-order chi connectivity index (χ0) is 17.5. The first-order valence-corrected chi connectivity index (χ1v) is 8.18. The van der Waals surface area contributed by atoms with E-state index in [1.54, 1.807) is 11.8 Å². The molecule has 0 atom stereocenters. The van der Waals surface area contributed by atoms with Crippen LogP contribution in [0.2, 0.25) is 0 Å². The SMILES string of the molecule is CCN(CC)CCNc1c(C(C)=O)nnn1-c1ccc(OC)cc1. The number of benzene rings is 1. The number of aromatic nitrogens is 3. The van der Waals surface area contributed by atoms with Gasteiger partial charge in [0, 0.05) is 20.0 Å². The number of Topliss-reactive ketones (excluding diaryl/α,β-unsaturated/α-hetero) is 1. The lowest BCUT2D eigenvalue weighted by Gasteiger charge is -2.18. The van der Waals surface area contributed by atoms with E-state index in [0.717, 1.165) is 31.1 Å². The van der Waals surface area contributed by atoms with Gasteiger partial charge in [-0.3, -0.25) is 4.79 Å². The maximum atomic E-state index is 11.8. The number of hydrogen-bond acceptors (Lipinski definition) is 6. The maximum absolute atomic E-state index is 11.8. The molecule has 0 fully saturated rings. The van der Waals surface area contributed by atoms with Crippen LogP contribution in [0.3, 0.4) is 0 Å². The molecule has 0 bridgehead atoms. The van der Waals surface area contributed by atoms with E-state index in [1.807, 2.05) is 24.3 Å². The molecule has 0 aliphatic heterocycles. The lowest BCUT2D eigenvalue weighted by molar-refractivity contribution is 0.101. The number of nitrogens with one attached hydrogen (secondary N) is 1. The molecule has 7 heteroatoms. The van der Waals surface area contributed by atoms with Gasteiger partial charge < -0.3 is 15.0 Å². The summed E-state index contributed by atoms with van der Waals surface area (Å²) in [7, 11) is 1.62. The molecule has 0 aliphatic carbocycles.